The quantitative estimate of drug-likeness (QED) is 0.783. The highest BCUT2D eigenvalue weighted by molar-refractivity contribution is 7.71. The van der Waals surface area contributed by atoms with Crippen molar-refractivity contribution >= 4 is 12.2 Å². The molecule has 2 fully saturated rings. The van der Waals surface area contributed by atoms with Gasteiger partial charge in [-0.15, -0.1) is 0 Å². The standard InChI is InChI=1S/C11H16N2OS/c15-11-7-10(8-3-5-14-6-4-8)12-13(11)9-1-2-9/h7-9,12H,1-6H2. The first kappa shape index (κ1) is 9.60. The van der Waals surface area contributed by atoms with Crippen LogP contribution in [0.4, 0.5) is 0 Å². The van der Waals surface area contributed by atoms with Gasteiger partial charge in [0.25, 0.3) is 0 Å². The smallest absolute Gasteiger partial charge is 0.122 e. The third kappa shape index (κ3) is 1.88. The Labute approximate surface area is 94.4 Å². The number of H-pyrrole nitrogens is 1. The SMILES string of the molecule is S=c1cc(C2CCOCC2)[nH]n1C1CC1. The van der Waals surface area contributed by atoms with Gasteiger partial charge in [0.15, 0.2) is 0 Å². The number of ether oxygens (including phenoxy) is 1. The van der Waals surface area contributed by atoms with Crippen molar-refractivity contribution in [3.05, 3.63) is 16.4 Å². The first-order chi connectivity index (χ1) is 7.34. The van der Waals surface area contributed by atoms with Crippen LogP contribution in [-0.2, 0) is 4.74 Å². The fourth-order valence-corrected chi connectivity index (χ4v) is 2.57. The lowest BCUT2D eigenvalue weighted by Crippen LogP contribution is -2.14. The topological polar surface area (TPSA) is 29.9 Å². The lowest BCUT2D eigenvalue weighted by molar-refractivity contribution is 0.0843. The largest absolute Gasteiger partial charge is 0.381 e. The van der Waals surface area contributed by atoms with Gasteiger partial charge >= 0.3 is 0 Å². The van der Waals surface area contributed by atoms with Crippen molar-refractivity contribution < 1.29 is 4.74 Å². The van der Waals surface area contributed by atoms with E-state index >= 15 is 0 Å². The fourth-order valence-electron chi connectivity index (χ4n) is 2.25. The van der Waals surface area contributed by atoms with Crippen LogP contribution in [0, 0.1) is 4.64 Å². The zero-order valence-corrected chi connectivity index (χ0v) is 9.55. The second-order valence-corrected chi connectivity index (χ2v) is 4.96. The molecule has 0 radical (unpaired) electrons. The highest BCUT2D eigenvalue weighted by atomic mass is 32.1. The number of aromatic amines is 1. The maximum absolute atomic E-state index is 5.37. The average molecular weight is 224 g/mol. The maximum atomic E-state index is 5.37. The summed E-state index contributed by atoms with van der Waals surface area (Å²) >= 11 is 5.36. The molecule has 1 saturated heterocycles. The average Bonchev–Trinajstić information content (AvgIpc) is 3.04. The molecule has 0 atom stereocenters. The van der Waals surface area contributed by atoms with E-state index in [4.69, 9.17) is 17.0 Å². The molecule has 1 aromatic rings. The summed E-state index contributed by atoms with van der Waals surface area (Å²) in [6, 6.07) is 2.80. The van der Waals surface area contributed by atoms with E-state index in [2.05, 4.69) is 15.8 Å². The molecule has 0 spiro atoms. The molecule has 2 aliphatic rings. The number of rotatable bonds is 2. The maximum Gasteiger partial charge on any atom is 0.122 e. The molecule has 3 nitrogen and oxygen atoms in total. The molecule has 0 amide bonds. The number of nitrogens with one attached hydrogen (secondary N) is 1. The molecule has 1 saturated carbocycles. The predicted molar refractivity (Wildman–Crippen MR) is 60.7 cm³/mol. The second kappa shape index (κ2) is 3.76. The van der Waals surface area contributed by atoms with Crippen molar-refractivity contribution in [3.8, 4) is 0 Å². The van der Waals surface area contributed by atoms with Gasteiger partial charge < -0.3 is 9.84 Å². The van der Waals surface area contributed by atoms with Gasteiger partial charge in [-0.25, -0.2) is 0 Å². The second-order valence-electron chi connectivity index (χ2n) is 4.54. The molecule has 15 heavy (non-hydrogen) atoms. The van der Waals surface area contributed by atoms with Crippen molar-refractivity contribution in [1.29, 1.82) is 0 Å². The highest BCUT2D eigenvalue weighted by Crippen LogP contribution is 2.36. The van der Waals surface area contributed by atoms with Gasteiger partial charge in [-0.05, 0) is 31.7 Å². The summed E-state index contributed by atoms with van der Waals surface area (Å²) in [6.07, 6.45) is 4.81. The molecule has 2 heterocycles. The molecular weight excluding hydrogens is 208 g/mol. The summed E-state index contributed by atoms with van der Waals surface area (Å²) < 4.78 is 8.51. The van der Waals surface area contributed by atoms with Crippen molar-refractivity contribution in [1.82, 2.24) is 9.78 Å². The van der Waals surface area contributed by atoms with Crippen molar-refractivity contribution in [2.75, 3.05) is 13.2 Å². The fraction of sp³-hybridized carbons (Fsp3) is 0.727. The molecule has 1 aliphatic heterocycles. The van der Waals surface area contributed by atoms with Crippen LogP contribution in [0.1, 0.15) is 43.3 Å². The molecular formula is C11H16N2OS. The third-order valence-corrected chi connectivity index (χ3v) is 3.65. The van der Waals surface area contributed by atoms with E-state index in [0.717, 1.165) is 30.7 Å². The summed E-state index contributed by atoms with van der Waals surface area (Å²) in [7, 11) is 0. The first-order valence-electron chi connectivity index (χ1n) is 5.74. The minimum Gasteiger partial charge on any atom is -0.381 e. The number of nitrogens with zero attached hydrogens (tertiary/aromatic N) is 1. The number of hydrogen-bond donors (Lipinski definition) is 1. The molecule has 0 bridgehead atoms. The monoisotopic (exact) mass is 224 g/mol. The summed E-state index contributed by atoms with van der Waals surface area (Å²) in [5.74, 6) is 0.625. The summed E-state index contributed by atoms with van der Waals surface area (Å²) in [6.45, 7) is 1.78. The molecule has 0 unspecified atom stereocenters. The van der Waals surface area contributed by atoms with Gasteiger partial charge in [0.2, 0.25) is 0 Å². The lowest BCUT2D eigenvalue weighted by atomic mass is 9.97. The van der Waals surface area contributed by atoms with E-state index in [0.29, 0.717) is 12.0 Å². The summed E-state index contributed by atoms with van der Waals surface area (Å²) in [5, 5.41) is 3.47. The Kier molecular flexibility index (Phi) is 2.41. The van der Waals surface area contributed by atoms with E-state index in [1.165, 1.54) is 18.5 Å². The van der Waals surface area contributed by atoms with Crippen LogP contribution in [0.15, 0.2) is 6.07 Å². The molecule has 3 rings (SSSR count). The van der Waals surface area contributed by atoms with E-state index < -0.39 is 0 Å². The molecule has 0 aromatic carbocycles. The van der Waals surface area contributed by atoms with Gasteiger partial charge in [-0.3, -0.25) is 4.68 Å². The van der Waals surface area contributed by atoms with Crippen molar-refractivity contribution in [2.24, 2.45) is 0 Å². The van der Waals surface area contributed by atoms with Crippen LogP contribution >= 0.6 is 12.2 Å². The normalized spacial score (nSPS) is 23.2. The minimum absolute atomic E-state index is 0.625. The zero-order valence-electron chi connectivity index (χ0n) is 8.74. The zero-order chi connectivity index (χ0) is 10.3. The first-order valence-corrected chi connectivity index (χ1v) is 6.14. The summed E-state index contributed by atoms with van der Waals surface area (Å²) in [4.78, 5) is 0. The van der Waals surface area contributed by atoms with Crippen LogP contribution < -0.4 is 0 Å². The van der Waals surface area contributed by atoms with Gasteiger partial charge in [0, 0.05) is 24.8 Å². The van der Waals surface area contributed by atoms with E-state index in [1.54, 1.807) is 0 Å². The van der Waals surface area contributed by atoms with E-state index in [1.807, 2.05) is 0 Å². The van der Waals surface area contributed by atoms with Crippen molar-refractivity contribution in [3.63, 3.8) is 0 Å². The van der Waals surface area contributed by atoms with Crippen LogP contribution in [0.3, 0.4) is 0 Å². The third-order valence-electron chi connectivity index (χ3n) is 3.34. The Morgan fingerprint density at radius 3 is 2.67 bits per heavy atom. The Balaban J connectivity index is 1.84. The van der Waals surface area contributed by atoms with Crippen molar-refractivity contribution in [2.45, 2.75) is 37.6 Å². The molecule has 4 heteroatoms. The van der Waals surface area contributed by atoms with Crippen LogP contribution in [-0.4, -0.2) is 23.0 Å². The Morgan fingerprint density at radius 1 is 1.27 bits per heavy atom. The molecule has 1 N–H and O–H groups in total. The number of aromatic nitrogens is 2. The van der Waals surface area contributed by atoms with Gasteiger partial charge in [0.1, 0.15) is 4.64 Å². The van der Waals surface area contributed by atoms with Gasteiger partial charge in [-0.1, -0.05) is 12.2 Å². The van der Waals surface area contributed by atoms with E-state index in [-0.39, 0.29) is 0 Å². The highest BCUT2D eigenvalue weighted by Gasteiger charge is 2.26. The molecule has 82 valence electrons. The van der Waals surface area contributed by atoms with Crippen LogP contribution in [0.2, 0.25) is 0 Å². The van der Waals surface area contributed by atoms with Gasteiger partial charge in [-0.2, -0.15) is 0 Å². The van der Waals surface area contributed by atoms with Crippen LogP contribution in [0.25, 0.3) is 0 Å². The summed E-state index contributed by atoms with van der Waals surface area (Å²) in [5.41, 5.74) is 1.32. The Hall–Kier alpha value is -0.610. The Morgan fingerprint density at radius 2 is 2.00 bits per heavy atom. The molecule has 1 aromatic heterocycles. The predicted octanol–water partition coefficient (Wildman–Crippen LogP) is 2.77. The van der Waals surface area contributed by atoms with E-state index in [9.17, 15) is 0 Å². The van der Waals surface area contributed by atoms with Gasteiger partial charge in [0.05, 0.1) is 6.04 Å². The van der Waals surface area contributed by atoms with Crippen LogP contribution in [0.5, 0.6) is 0 Å². The number of hydrogen-bond acceptors (Lipinski definition) is 2. The lowest BCUT2D eigenvalue weighted by Gasteiger charge is -2.20. The molecule has 1 aliphatic carbocycles. The minimum atomic E-state index is 0.625. The Bertz CT molecular complexity index is 399.